The van der Waals surface area contributed by atoms with Gasteiger partial charge in [0.2, 0.25) is 0 Å². The number of nitrogens with one attached hydrogen (secondary N) is 1. The standard InChI is InChI=1S/C16H21NOS/c1-19-16(8-4-5-9-16)12-17-11-14-10-13-6-2-3-7-15(13)18-14/h2-3,6-7,10,17H,4-5,8-9,11-12H2,1H3. The summed E-state index contributed by atoms with van der Waals surface area (Å²) in [5.74, 6) is 1.04. The molecule has 1 aliphatic carbocycles. The Hall–Kier alpha value is -0.930. The molecule has 3 heteroatoms. The van der Waals surface area contributed by atoms with E-state index in [1.165, 1.54) is 31.1 Å². The molecule has 0 aliphatic heterocycles. The fraction of sp³-hybridized carbons (Fsp3) is 0.500. The van der Waals surface area contributed by atoms with Crippen molar-refractivity contribution in [3.63, 3.8) is 0 Å². The Morgan fingerprint density at radius 1 is 1.26 bits per heavy atom. The van der Waals surface area contributed by atoms with Crippen molar-refractivity contribution < 1.29 is 4.42 Å². The largest absolute Gasteiger partial charge is 0.460 e. The van der Waals surface area contributed by atoms with Crippen molar-refractivity contribution in [3.05, 3.63) is 36.1 Å². The fourth-order valence-corrected chi connectivity index (χ4v) is 3.95. The molecule has 0 amide bonds. The minimum absolute atomic E-state index is 0.464. The summed E-state index contributed by atoms with van der Waals surface area (Å²) in [5, 5.41) is 4.78. The van der Waals surface area contributed by atoms with Crippen LogP contribution in [0.3, 0.4) is 0 Å². The number of furan rings is 1. The van der Waals surface area contributed by atoms with Crippen LogP contribution >= 0.6 is 11.8 Å². The second-order valence-electron chi connectivity index (χ2n) is 5.45. The molecular formula is C16H21NOS. The van der Waals surface area contributed by atoms with Crippen molar-refractivity contribution in [2.24, 2.45) is 0 Å². The van der Waals surface area contributed by atoms with E-state index in [-0.39, 0.29) is 0 Å². The van der Waals surface area contributed by atoms with Crippen LogP contribution in [-0.4, -0.2) is 17.5 Å². The summed E-state index contributed by atoms with van der Waals surface area (Å²) >= 11 is 2.03. The Bertz CT molecular complexity index is 509. The number of thioether (sulfide) groups is 1. The third-order valence-electron chi connectivity index (χ3n) is 4.17. The molecule has 1 aromatic heterocycles. The first-order chi connectivity index (χ1) is 9.31. The van der Waals surface area contributed by atoms with E-state index in [2.05, 4.69) is 29.8 Å². The van der Waals surface area contributed by atoms with E-state index >= 15 is 0 Å². The molecular weight excluding hydrogens is 254 g/mol. The monoisotopic (exact) mass is 275 g/mol. The maximum Gasteiger partial charge on any atom is 0.134 e. The number of benzene rings is 1. The quantitative estimate of drug-likeness (QED) is 0.885. The lowest BCUT2D eigenvalue weighted by Crippen LogP contribution is -2.34. The van der Waals surface area contributed by atoms with Gasteiger partial charge in [-0.15, -0.1) is 0 Å². The summed E-state index contributed by atoms with van der Waals surface area (Å²) in [4.78, 5) is 0. The zero-order valence-corrected chi connectivity index (χ0v) is 12.3. The Morgan fingerprint density at radius 3 is 2.79 bits per heavy atom. The molecule has 0 saturated heterocycles. The highest BCUT2D eigenvalue weighted by atomic mass is 32.2. The Labute approximate surface area is 118 Å². The third kappa shape index (κ3) is 2.82. The molecule has 0 atom stereocenters. The molecule has 3 rings (SSSR count). The van der Waals surface area contributed by atoms with Gasteiger partial charge in [-0.05, 0) is 31.2 Å². The zero-order chi connectivity index (χ0) is 13.1. The van der Waals surface area contributed by atoms with E-state index in [0.29, 0.717) is 4.75 Å². The van der Waals surface area contributed by atoms with Gasteiger partial charge >= 0.3 is 0 Å². The highest BCUT2D eigenvalue weighted by Crippen LogP contribution is 2.39. The minimum Gasteiger partial charge on any atom is -0.460 e. The first kappa shape index (κ1) is 13.1. The van der Waals surface area contributed by atoms with Crippen molar-refractivity contribution >= 4 is 22.7 Å². The molecule has 0 bridgehead atoms. The van der Waals surface area contributed by atoms with Gasteiger partial charge in [-0.25, -0.2) is 0 Å². The summed E-state index contributed by atoms with van der Waals surface area (Å²) in [5.41, 5.74) is 0.986. The fourth-order valence-electron chi connectivity index (χ4n) is 3.01. The Balaban J connectivity index is 1.60. The summed E-state index contributed by atoms with van der Waals surface area (Å²) in [7, 11) is 0. The van der Waals surface area contributed by atoms with Crippen LogP contribution in [0, 0.1) is 0 Å². The molecule has 0 radical (unpaired) electrons. The zero-order valence-electron chi connectivity index (χ0n) is 11.4. The van der Waals surface area contributed by atoms with Crippen molar-refractivity contribution in [1.29, 1.82) is 0 Å². The predicted octanol–water partition coefficient (Wildman–Crippen LogP) is 4.20. The van der Waals surface area contributed by atoms with Crippen molar-refractivity contribution in [2.45, 2.75) is 37.0 Å². The molecule has 0 spiro atoms. The molecule has 1 aromatic carbocycles. The maximum atomic E-state index is 5.83. The van der Waals surface area contributed by atoms with Gasteiger partial charge in [0.15, 0.2) is 0 Å². The van der Waals surface area contributed by atoms with Crippen molar-refractivity contribution in [1.82, 2.24) is 5.32 Å². The SMILES string of the molecule is CSC1(CNCc2cc3ccccc3o2)CCCC1. The highest BCUT2D eigenvalue weighted by Gasteiger charge is 2.32. The molecule has 1 N–H and O–H groups in total. The lowest BCUT2D eigenvalue weighted by Gasteiger charge is -2.26. The second-order valence-corrected chi connectivity index (χ2v) is 6.72. The summed E-state index contributed by atoms with van der Waals surface area (Å²) in [6.07, 6.45) is 7.71. The molecule has 1 aliphatic rings. The van der Waals surface area contributed by atoms with Gasteiger partial charge in [0, 0.05) is 16.7 Å². The van der Waals surface area contributed by atoms with Crippen molar-refractivity contribution in [2.75, 3.05) is 12.8 Å². The molecule has 102 valence electrons. The van der Waals surface area contributed by atoms with Crippen molar-refractivity contribution in [3.8, 4) is 0 Å². The van der Waals surface area contributed by atoms with E-state index < -0.39 is 0 Å². The van der Waals surface area contributed by atoms with E-state index in [1.807, 2.05) is 23.9 Å². The molecule has 2 aromatic rings. The molecule has 0 unspecified atom stereocenters. The van der Waals surface area contributed by atoms with Gasteiger partial charge in [0.1, 0.15) is 11.3 Å². The lowest BCUT2D eigenvalue weighted by molar-refractivity contribution is 0.480. The second kappa shape index (κ2) is 5.59. The van der Waals surface area contributed by atoms with Crippen LogP contribution in [0.1, 0.15) is 31.4 Å². The average molecular weight is 275 g/mol. The van der Waals surface area contributed by atoms with E-state index in [9.17, 15) is 0 Å². The van der Waals surface area contributed by atoms with Crippen LogP contribution < -0.4 is 5.32 Å². The van der Waals surface area contributed by atoms with Crippen LogP contribution in [0.5, 0.6) is 0 Å². The van der Waals surface area contributed by atoms with Crippen LogP contribution in [0.2, 0.25) is 0 Å². The normalized spacial score (nSPS) is 18.2. The predicted molar refractivity (Wildman–Crippen MR) is 82.6 cm³/mol. The molecule has 19 heavy (non-hydrogen) atoms. The third-order valence-corrected chi connectivity index (χ3v) is 5.59. The van der Waals surface area contributed by atoms with Gasteiger partial charge in [-0.2, -0.15) is 11.8 Å². The minimum atomic E-state index is 0.464. The van der Waals surface area contributed by atoms with Gasteiger partial charge < -0.3 is 9.73 Å². The van der Waals surface area contributed by atoms with Crippen LogP contribution in [0.25, 0.3) is 11.0 Å². The summed E-state index contributed by atoms with van der Waals surface area (Å²) in [6, 6.07) is 10.3. The van der Waals surface area contributed by atoms with Gasteiger partial charge in [-0.3, -0.25) is 0 Å². The smallest absolute Gasteiger partial charge is 0.134 e. The van der Waals surface area contributed by atoms with Gasteiger partial charge in [0.05, 0.1) is 6.54 Å². The average Bonchev–Trinajstić information content (AvgIpc) is 3.05. The summed E-state index contributed by atoms with van der Waals surface area (Å²) in [6.45, 7) is 1.92. The number of para-hydroxylation sites is 1. The van der Waals surface area contributed by atoms with Gasteiger partial charge in [0.25, 0.3) is 0 Å². The number of fused-ring (bicyclic) bond motifs is 1. The Kier molecular flexibility index (Phi) is 3.85. The summed E-state index contributed by atoms with van der Waals surface area (Å²) < 4.78 is 6.29. The molecule has 1 fully saturated rings. The molecule has 2 nitrogen and oxygen atoms in total. The maximum absolute atomic E-state index is 5.83. The van der Waals surface area contributed by atoms with Crippen LogP contribution in [0.15, 0.2) is 34.7 Å². The van der Waals surface area contributed by atoms with Gasteiger partial charge in [-0.1, -0.05) is 31.0 Å². The molecule has 1 heterocycles. The van der Waals surface area contributed by atoms with Crippen LogP contribution in [0.4, 0.5) is 0 Å². The Morgan fingerprint density at radius 2 is 2.05 bits per heavy atom. The highest BCUT2D eigenvalue weighted by molar-refractivity contribution is 8.00. The first-order valence-corrected chi connectivity index (χ1v) is 8.27. The van der Waals surface area contributed by atoms with Crippen LogP contribution in [-0.2, 0) is 6.54 Å². The first-order valence-electron chi connectivity index (χ1n) is 7.05. The van der Waals surface area contributed by atoms with E-state index in [1.54, 1.807) is 0 Å². The number of rotatable bonds is 5. The molecule has 1 saturated carbocycles. The van der Waals surface area contributed by atoms with E-state index in [0.717, 1.165) is 24.4 Å². The lowest BCUT2D eigenvalue weighted by atomic mass is 10.1. The van der Waals surface area contributed by atoms with E-state index in [4.69, 9.17) is 4.42 Å². The topological polar surface area (TPSA) is 25.2 Å². The number of hydrogen-bond donors (Lipinski definition) is 1. The number of hydrogen-bond acceptors (Lipinski definition) is 3.